The lowest BCUT2D eigenvalue weighted by Gasteiger charge is -2.18. The summed E-state index contributed by atoms with van der Waals surface area (Å²) in [5.41, 5.74) is 1.44. The molecule has 1 amide bonds. The van der Waals surface area contributed by atoms with Crippen LogP contribution in [0.15, 0.2) is 64.6 Å². The van der Waals surface area contributed by atoms with Gasteiger partial charge in [-0.2, -0.15) is 4.31 Å². The number of carbonyl (C=O) groups excluding carboxylic acids is 1. The van der Waals surface area contributed by atoms with Crippen LogP contribution in [0.3, 0.4) is 0 Å². The summed E-state index contributed by atoms with van der Waals surface area (Å²) >= 11 is 1.21. The third-order valence-electron chi connectivity index (χ3n) is 4.33. The van der Waals surface area contributed by atoms with Crippen molar-refractivity contribution in [3.05, 3.63) is 54.6 Å². The lowest BCUT2D eigenvalue weighted by Crippen LogP contribution is -2.30. The number of rotatable bonds is 9. The predicted octanol–water partition coefficient (Wildman–Crippen LogP) is 3.23. The van der Waals surface area contributed by atoms with Crippen molar-refractivity contribution in [2.75, 3.05) is 24.2 Å². The largest absolute Gasteiger partial charge is 0.325 e. The lowest BCUT2D eigenvalue weighted by molar-refractivity contribution is -0.113. The number of nitrogens with one attached hydrogen (secondary N) is 2. The van der Waals surface area contributed by atoms with Crippen LogP contribution in [0.4, 0.5) is 5.69 Å². The molecule has 2 N–H and O–H groups in total. The number of sulfonamides is 1. The van der Waals surface area contributed by atoms with Crippen LogP contribution in [0.25, 0.3) is 11.4 Å². The van der Waals surface area contributed by atoms with E-state index in [1.54, 1.807) is 26.0 Å². The predicted molar refractivity (Wildman–Crippen MR) is 118 cm³/mol. The van der Waals surface area contributed by atoms with E-state index < -0.39 is 10.0 Å². The summed E-state index contributed by atoms with van der Waals surface area (Å²) in [4.78, 5) is 16.8. The Bertz CT molecular complexity index is 1080. The van der Waals surface area contributed by atoms with E-state index in [1.165, 1.54) is 28.2 Å². The molecule has 0 unspecified atom stereocenters. The standard InChI is InChI=1S/C20H23N5O3S2/c1-3-25(4-2)30(27,28)17-12-10-16(11-13-17)21-18(26)14-29-20-22-19(23-24-20)15-8-6-5-7-9-15/h5-13H,3-4,14H2,1-2H3,(H,21,26)(H,22,23,24). The summed E-state index contributed by atoms with van der Waals surface area (Å²) < 4.78 is 26.4. The Labute approximate surface area is 180 Å². The van der Waals surface area contributed by atoms with Crippen molar-refractivity contribution in [3.63, 3.8) is 0 Å². The number of benzene rings is 2. The van der Waals surface area contributed by atoms with Crippen molar-refractivity contribution in [3.8, 4) is 11.4 Å². The van der Waals surface area contributed by atoms with Crippen LogP contribution in [0.1, 0.15) is 13.8 Å². The highest BCUT2D eigenvalue weighted by atomic mass is 32.2. The monoisotopic (exact) mass is 445 g/mol. The molecule has 1 aromatic heterocycles. The first-order valence-corrected chi connectivity index (χ1v) is 11.9. The zero-order valence-corrected chi connectivity index (χ0v) is 18.3. The molecule has 0 aliphatic rings. The SMILES string of the molecule is CCN(CC)S(=O)(=O)c1ccc(NC(=O)CSc2n[nH]c(-c3ccccc3)n2)cc1. The van der Waals surface area contributed by atoms with E-state index in [4.69, 9.17) is 0 Å². The van der Waals surface area contributed by atoms with Crippen molar-refractivity contribution >= 4 is 33.4 Å². The number of anilines is 1. The number of thioether (sulfide) groups is 1. The lowest BCUT2D eigenvalue weighted by atomic mass is 10.2. The zero-order chi connectivity index (χ0) is 21.6. The van der Waals surface area contributed by atoms with Crippen LogP contribution >= 0.6 is 11.8 Å². The number of nitrogens with zero attached hydrogens (tertiary/aromatic N) is 3. The van der Waals surface area contributed by atoms with E-state index in [9.17, 15) is 13.2 Å². The van der Waals surface area contributed by atoms with Gasteiger partial charge in [0.1, 0.15) is 0 Å². The highest BCUT2D eigenvalue weighted by Gasteiger charge is 2.21. The van der Waals surface area contributed by atoms with E-state index in [0.717, 1.165) is 5.56 Å². The van der Waals surface area contributed by atoms with Crippen molar-refractivity contribution in [1.82, 2.24) is 19.5 Å². The maximum atomic E-state index is 12.5. The number of aromatic amines is 1. The average Bonchev–Trinajstić information content (AvgIpc) is 3.23. The van der Waals surface area contributed by atoms with E-state index in [2.05, 4.69) is 20.5 Å². The molecule has 30 heavy (non-hydrogen) atoms. The van der Waals surface area contributed by atoms with Crippen molar-refractivity contribution in [1.29, 1.82) is 0 Å². The Morgan fingerprint density at radius 2 is 1.73 bits per heavy atom. The Balaban J connectivity index is 1.56. The molecule has 1 heterocycles. The Morgan fingerprint density at radius 1 is 1.07 bits per heavy atom. The summed E-state index contributed by atoms with van der Waals surface area (Å²) in [7, 11) is -3.52. The number of hydrogen-bond donors (Lipinski definition) is 2. The number of aromatic nitrogens is 3. The fourth-order valence-electron chi connectivity index (χ4n) is 2.79. The molecule has 0 bridgehead atoms. The summed E-state index contributed by atoms with van der Waals surface area (Å²) in [6, 6.07) is 15.8. The highest BCUT2D eigenvalue weighted by molar-refractivity contribution is 7.99. The van der Waals surface area contributed by atoms with Crippen LogP contribution < -0.4 is 5.32 Å². The smallest absolute Gasteiger partial charge is 0.243 e. The molecule has 3 aromatic rings. The molecule has 0 saturated carbocycles. The van der Waals surface area contributed by atoms with E-state index in [-0.39, 0.29) is 16.6 Å². The zero-order valence-electron chi connectivity index (χ0n) is 16.7. The van der Waals surface area contributed by atoms with Crippen molar-refractivity contribution in [2.24, 2.45) is 0 Å². The molecule has 8 nitrogen and oxygen atoms in total. The molecule has 0 atom stereocenters. The molecule has 2 aromatic carbocycles. The Morgan fingerprint density at radius 3 is 2.37 bits per heavy atom. The summed E-state index contributed by atoms with van der Waals surface area (Å²) in [6.45, 7) is 4.40. The fraction of sp³-hybridized carbons (Fsp3) is 0.250. The van der Waals surface area contributed by atoms with Crippen molar-refractivity contribution in [2.45, 2.75) is 23.9 Å². The first-order chi connectivity index (χ1) is 14.4. The first kappa shape index (κ1) is 22.0. The molecule has 0 fully saturated rings. The van der Waals surface area contributed by atoms with Gasteiger partial charge in [0, 0.05) is 24.3 Å². The number of carbonyl (C=O) groups is 1. The average molecular weight is 446 g/mol. The fourth-order valence-corrected chi connectivity index (χ4v) is 4.84. The molecule has 0 saturated heterocycles. The molecule has 0 spiro atoms. The van der Waals surface area contributed by atoms with Gasteiger partial charge in [0.25, 0.3) is 0 Å². The van der Waals surface area contributed by atoms with Gasteiger partial charge in [0.05, 0.1) is 10.6 Å². The van der Waals surface area contributed by atoms with Gasteiger partial charge in [-0.05, 0) is 24.3 Å². The van der Waals surface area contributed by atoms with Crippen LogP contribution in [0.5, 0.6) is 0 Å². The van der Waals surface area contributed by atoms with Crippen molar-refractivity contribution < 1.29 is 13.2 Å². The molecule has 0 aliphatic heterocycles. The maximum absolute atomic E-state index is 12.5. The van der Waals surface area contributed by atoms with Gasteiger partial charge in [-0.1, -0.05) is 55.9 Å². The molecular formula is C20H23N5O3S2. The van der Waals surface area contributed by atoms with Crippen LogP contribution in [-0.4, -0.2) is 52.7 Å². The molecule has 10 heteroatoms. The summed E-state index contributed by atoms with van der Waals surface area (Å²) in [5, 5.41) is 10.2. The minimum absolute atomic E-state index is 0.131. The van der Waals surface area contributed by atoms with Crippen LogP contribution in [0.2, 0.25) is 0 Å². The highest BCUT2D eigenvalue weighted by Crippen LogP contribution is 2.20. The molecule has 0 aliphatic carbocycles. The molecule has 0 radical (unpaired) electrons. The molecule has 3 rings (SSSR count). The molecular weight excluding hydrogens is 422 g/mol. The van der Waals surface area contributed by atoms with Crippen LogP contribution in [0, 0.1) is 0 Å². The quantitative estimate of drug-likeness (QED) is 0.490. The second-order valence-corrected chi connectivity index (χ2v) is 9.16. The van der Waals surface area contributed by atoms with Gasteiger partial charge >= 0.3 is 0 Å². The minimum Gasteiger partial charge on any atom is -0.325 e. The number of amides is 1. The van der Waals surface area contributed by atoms with Gasteiger partial charge in [0.15, 0.2) is 5.82 Å². The van der Waals surface area contributed by atoms with Gasteiger partial charge in [0.2, 0.25) is 21.1 Å². The van der Waals surface area contributed by atoms with Gasteiger partial charge in [-0.3, -0.25) is 9.89 Å². The van der Waals surface area contributed by atoms with Crippen LogP contribution in [-0.2, 0) is 14.8 Å². The van der Waals surface area contributed by atoms with E-state index in [0.29, 0.717) is 29.8 Å². The third kappa shape index (κ3) is 5.26. The van der Waals surface area contributed by atoms with E-state index in [1.807, 2.05) is 30.3 Å². The second-order valence-electron chi connectivity index (χ2n) is 6.28. The van der Waals surface area contributed by atoms with E-state index >= 15 is 0 Å². The third-order valence-corrected chi connectivity index (χ3v) is 7.24. The Kier molecular flexibility index (Phi) is 7.24. The molecule has 158 valence electrons. The topological polar surface area (TPSA) is 108 Å². The van der Waals surface area contributed by atoms with Gasteiger partial charge in [-0.15, -0.1) is 5.10 Å². The summed E-state index contributed by atoms with van der Waals surface area (Å²) in [5.74, 6) is 0.542. The maximum Gasteiger partial charge on any atom is 0.243 e. The number of H-pyrrole nitrogens is 1. The minimum atomic E-state index is -3.52. The summed E-state index contributed by atoms with van der Waals surface area (Å²) in [6.07, 6.45) is 0. The van der Waals surface area contributed by atoms with Gasteiger partial charge < -0.3 is 5.32 Å². The van der Waals surface area contributed by atoms with Gasteiger partial charge in [-0.25, -0.2) is 13.4 Å². The second kappa shape index (κ2) is 9.88. The normalized spacial score (nSPS) is 11.6. The first-order valence-electron chi connectivity index (χ1n) is 9.44. The number of hydrogen-bond acceptors (Lipinski definition) is 6. The Hall–Kier alpha value is -2.69.